The van der Waals surface area contributed by atoms with E-state index in [-0.39, 0.29) is 38.4 Å². The van der Waals surface area contributed by atoms with Gasteiger partial charge in [-0.15, -0.1) is 6.42 Å². The number of hydrogen-bond donors (Lipinski definition) is 2. The van der Waals surface area contributed by atoms with Crippen LogP contribution >= 0.6 is 11.6 Å². The number of benzene rings is 2. The number of rotatable bonds is 7. The van der Waals surface area contributed by atoms with Crippen LogP contribution in [-0.4, -0.2) is 25.1 Å². The topological polar surface area (TPSA) is 116 Å². The number of ether oxygens (including phenoxy) is 1. The monoisotopic (exact) mass is 470 g/mol. The van der Waals surface area contributed by atoms with Crippen LogP contribution in [0, 0.1) is 23.7 Å². The van der Waals surface area contributed by atoms with Gasteiger partial charge in [-0.2, -0.15) is 5.26 Å². The molecule has 0 aromatic heterocycles. The molecule has 2 saturated carbocycles. The van der Waals surface area contributed by atoms with Crippen molar-refractivity contribution in [1.29, 1.82) is 5.26 Å². The molecule has 0 heterocycles. The number of sulfonamides is 1. The third kappa shape index (κ3) is 4.12. The van der Waals surface area contributed by atoms with E-state index in [2.05, 4.69) is 10.6 Å². The van der Waals surface area contributed by atoms with Crippen LogP contribution in [0.25, 0.3) is 0 Å². The van der Waals surface area contributed by atoms with Crippen molar-refractivity contribution >= 4 is 33.3 Å². The SMILES string of the molecule is C#CC1(Oc2cc(Cl)c(C#N)cc2NS(=O)(=O)c2cc(C(=O)O)ccc2C2CC2)CCC1. The maximum absolute atomic E-state index is 13.4. The number of carbonyl (C=O) groups is 1. The van der Waals surface area contributed by atoms with E-state index in [1.807, 2.05) is 6.07 Å². The summed E-state index contributed by atoms with van der Waals surface area (Å²) in [7, 11) is -4.21. The van der Waals surface area contributed by atoms with E-state index in [1.165, 1.54) is 24.3 Å². The zero-order valence-corrected chi connectivity index (χ0v) is 18.5. The summed E-state index contributed by atoms with van der Waals surface area (Å²) < 4.78 is 35.2. The average Bonchev–Trinajstić information content (AvgIpc) is 3.57. The molecular formula is C23H19ClN2O5S. The Kier molecular flexibility index (Phi) is 5.54. The number of terminal acetylenes is 1. The predicted molar refractivity (Wildman–Crippen MR) is 118 cm³/mol. The quantitative estimate of drug-likeness (QED) is 0.574. The second-order valence-electron chi connectivity index (χ2n) is 7.97. The summed E-state index contributed by atoms with van der Waals surface area (Å²) >= 11 is 6.16. The molecule has 0 amide bonds. The Bertz CT molecular complexity index is 1300. The number of anilines is 1. The fourth-order valence-electron chi connectivity index (χ4n) is 3.62. The van der Waals surface area contributed by atoms with Crippen LogP contribution in [0.1, 0.15) is 59.5 Å². The minimum Gasteiger partial charge on any atom is -0.478 e. The molecule has 0 aliphatic heterocycles. The zero-order chi connectivity index (χ0) is 23.1. The van der Waals surface area contributed by atoms with Gasteiger partial charge < -0.3 is 9.84 Å². The molecule has 0 unspecified atom stereocenters. The molecule has 164 valence electrons. The summed E-state index contributed by atoms with van der Waals surface area (Å²) in [6, 6.07) is 8.65. The molecule has 2 aliphatic carbocycles. The Hall–Kier alpha value is -3.20. The van der Waals surface area contributed by atoms with Crippen LogP contribution in [0.4, 0.5) is 5.69 Å². The summed E-state index contributed by atoms with van der Waals surface area (Å²) in [4.78, 5) is 11.3. The number of aromatic carboxylic acids is 1. The van der Waals surface area contributed by atoms with Gasteiger partial charge in [-0.3, -0.25) is 4.72 Å². The number of hydrogen-bond acceptors (Lipinski definition) is 5. The summed E-state index contributed by atoms with van der Waals surface area (Å²) in [5.74, 6) is 1.55. The molecular weight excluding hydrogens is 452 g/mol. The van der Waals surface area contributed by atoms with Crippen LogP contribution in [-0.2, 0) is 10.0 Å². The normalized spacial score (nSPS) is 16.8. The van der Waals surface area contributed by atoms with Gasteiger partial charge in [0, 0.05) is 6.07 Å². The third-order valence-electron chi connectivity index (χ3n) is 5.73. The van der Waals surface area contributed by atoms with Crippen molar-refractivity contribution in [2.24, 2.45) is 0 Å². The van der Waals surface area contributed by atoms with Crippen molar-refractivity contribution in [2.45, 2.75) is 48.5 Å². The number of nitrogens with one attached hydrogen (secondary N) is 1. The Morgan fingerprint density at radius 3 is 2.53 bits per heavy atom. The number of carboxylic acids is 1. The van der Waals surface area contributed by atoms with Gasteiger partial charge in [0.25, 0.3) is 10.0 Å². The lowest BCUT2D eigenvalue weighted by Gasteiger charge is -2.37. The van der Waals surface area contributed by atoms with Gasteiger partial charge in [0.1, 0.15) is 11.8 Å². The maximum Gasteiger partial charge on any atom is 0.335 e. The van der Waals surface area contributed by atoms with Crippen molar-refractivity contribution < 1.29 is 23.1 Å². The molecule has 0 spiro atoms. The number of carboxylic acid groups (broad SMARTS) is 1. The molecule has 0 radical (unpaired) electrons. The lowest BCUT2D eigenvalue weighted by atomic mass is 9.81. The minimum absolute atomic E-state index is 0.00921. The summed E-state index contributed by atoms with van der Waals surface area (Å²) in [5, 5.41) is 18.8. The van der Waals surface area contributed by atoms with Crippen LogP contribution in [0.15, 0.2) is 35.2 Å². The summed E-state index contributed by atoms with van der Waals surface area (Å²) in [5.41, 5.74) is -0.379. The van der Waals surface area contributed by atoms with Crippen LogP contribution in [0.2, 0.25) is 5.02 Å². The molecule has 32 heavy (non-hydrogen) atoms. The molecule has 2 aromatic rings. The average molecular weight is 471 g/mol. The Morgan fingerprint density at radius 2 is 2.00 bits per heavy atom. The highest BCUT2D eigenvalue weighted by atomic mass is 35.5. The lowest BCUT2D eigenvalue weighted by molar-refractivity contribution is 0.0509. The number of nitrogens with zero attached hydrogens (tertiary/aromatic N) is 1. The van der Waals surface area contributed by atoms with Crippen LogP contribution < -0.4 is 9.46 Å². The van der Waals surface area contributed by atoms with E-state index < -0.39 is 21.6 Å². The van der Waals surface area contributed by atoms with E-state index in [0.717, 1.165) is 25.3 Å². The fraction of sp³-hybridized carbons (Fsp3) is 0.304. The molecule has 2 N–H and O–H groups in total. The van der Waals surface area contributed by atoms with Gasteiger partial charge >= 0.3 is 5.97 Å². The van der Waals surface area contributed by atoms with Crippen molar-refractivity contribution in [3.05, 3.63) is 52.0 Å². The molecule has 2 aliphatic rings. The summed E-state index contributed by atoms with van der Waals surface area (Å²) in [6.07, 6.45) is 9.38. The first kappa shape index (κ1) is 22.0. The molecule has 0 atom stereocenters. The zero-order valence-electron chi connectivity index (χ0n) is 16.9. The van der Waals surface area contributed by atoms with Gasteiger partial charge in [-0.25, -0.2) is 13.2 Å². The molecule has 4 rings (SSSR count). The van der Waals surface area contributed by atoms with E-state index in [9.17, 15) is 23.6 Å². The summed E-state index contributed by atoms with van der Waals surface area (Å²) in [6.45, 7) is 0. The number of halogens is 1. The highest BCUT2D eigenvalue weighted by molar-refractivity contribution is 7.92. The molecule has 0 bridgehead atoms. The van der Waals surface area contributed by atoms with Crippen LogP contribution in [0.5, 0.6) is 5.75 Å². The first-order valence-corrected chi connectivity index (χ1v) is 11.8. The minimum atomic E-state index is -4.21. The van der Waals surface area contributed by atoms with Gasteiger partial charge in [-0.05, 0) is 61.8 Å². The van der Waals surface area contributed by atoms with Gasteiger partial charge in [0.05, 0.1) is 26.7 Å². The van der Waals surface area contributed by atoms with Gasteiger partial charge in [-0.1, -0.05) is 23.6 Å². The Morgan fingerprint density at radius 1 is 1.28 bits per heavy atom. The highest BCUT2D eigenvalue weighted by Gasteiger charge is 2.39. The third-order valence-corrected chi connectivity index (χ3v) is 7.46. The molecule has 9 heteroatoms. The van der Waals surface area contributed by atoms with Crippen molar-refractivity contribution in [3.8, 4) is 24.2 Å². The van der Waals surface area contributed by atoms with Crippen molar-refractivity contribution in [3.63, 3.8) is 0 Å². The number of nitriles is 1. The standard InChI is InChI=1S/C23H19ClN2O5S/c1-2-23(8-3-9-23)31-20-12-18(24)16(13-25)10-19(20)26-32(29,30)21-11-15(22(27)28)6-7-17(21)14-4-5-14/h1,6-7,10-12,14,26H,3-5,8-9H2,(H,27,28). The smallest absolute Gasteiger partial charge is 0.335 e. The highest BCUT2D eigenvalue weighted by Crippen LogP contribution is 2.44. The van der Waals surface area contributed by atoms with Crippen molar-refractivity contribution in [2.75, 3.05) is 4.72 Å². The second-order valence-corrected chi connectivity index (χ2v) is 10.0. The van der Waals surface area contributed by atoms with E-state index >= 15 is 0 Å². The molecule has 0 saturated heterocycles. The largest absolute Gasteiger partial charge is 0.478 e. The predicted octanol–water partition coefficient (Wildman–Crippen LogP) is 4.52. The van der Waals surface area contributed by atoms with Crippen molar-refractivity contribution in [1.82, 2.24) is 0 Å². The molecule has 2 fully saturated rings. The van der Waals surface area contributed by atoms with Gasteiger partial charge in [0.15, 0.2) is 5.60 Å². The maximum atomic E-state index is 13.4. The first-order chi connectivity index (χ1) is 15.2. The first-order valence-electron chi connectivity index (χ1n) is 9.98. The van der Waals surface area contributed by atoms with E-state index in [0.29, 0.717) is 18.4 Å². The van der Waals surface area contributed by atoms with Crippen LogP contribution in [0.3, 0.4) is 0 Å². The van der Waals surface area contributed by atoms with Gasteiger partial charge in [0.2, 0.25) is 0 Å². The van der Waals surface area contributed by atoms with E-state index in [4.69, 9.17) is 22.8 Å². The Balaban J connectivity index is 1.78. The molecule has 7 nitrogen and oxygen atoms in total. The Labute approximate surface area is 191 Å². The van der Waals surface area contributed by atoms with E-state index in [1.54, 1.807) is 0 Å². The lowest BCUT2D eigenvalue weighted by Crippen LogP contribution is -2.41. The fourth-order valence-corrected chi connectivity index (χ4v) is 5.20. The second kappa shape index (κ2) is 8.05. The molecule has 2 aromatic carbocycles.